The number of nitrogens with zero attached hydrogens (tertiary/aromatic N) is 1. The molecule has 5 heteroatoms. The maximum atomic E-state index is 11.6. The van der Waals surface area contributed by atoms with Gasteiger partial charge in [-0.1, -0.05) is 6.42 Å². The molecule has 1 saturated carbocycles. The Bertz CT molecular complexity index is 361. The summed E-state index contributed by atoms with van der Waals surface area (Å²) in [5.74, 6) is 0. The molecule has 4 nitrogen and oxygen atoms in total. The van der Waals surface area contributed by atoms with Gasteiger partial charge in [-0.2, -0.15) is 0 Å². The monoisotopic (exact) mass is 274 g/mol. The minimum Gasteiger partial charge on any atom is -0.311 e. The van der Waals surface area contributed by atoms with Crippen LogP contribution in [-0.2, 0) is 9.84 Å². The van der Waals surface area contributed by atoms with E-state index < -0.39 is 9.84 Å². The Morgan fingerprint density at radius 3 is 2.33 bits per heavy atom. The SMILES string of the molecule is CN1CCC(NC2CCCC(S(C)(=O)=O)C2)CC1. The number of hydrogen-bond acceptors (Lipinski definition) is 4. The van der Waals surface area contributed by atoms with Gasteiger partial charge in [0.15, 0.2) is 0 Å². The Hall–Kier alpha value is -0.130. The van der Waals surface area contributed by atoms with Crippen LogP contribution in [0.4, 0.5) is 0 Å². The van der Waals surface area contributed by atoms with Crippen molar-refractivity contribution < 1.29 is 8.42 Å². The molecule has 2 unspecified atom stereocenters. The Balaban J connectivity index is 1.83. The van der Waals surface area contributed by atoms with Crippen molar-refractivity contribution in [2.45, 2.75) is 55.9 Å². The highest BCUT2D eigenvalue weighted by Gasteiger charge is 2.30. The molecule has 1 heterocycles. The van der Waals surface area contributed by atoms with Crippen LogP contribution in [0.5, 0.6) is 0 Å². The average Bonchev–Trinajstić information content (AvgIpc) is 2.31. The van der Waals surface area contributed by atoms with Gasteiger partial charge in [0.2, 0.25) is 0 Å². The molecule has 0 radical (unpaired) electrons. The zero-order valence-electron chi connectivity index (χ0n) is 11.6. The quantitative estimate of drug-likeness (QED) is 0.835. The molecule has 2 fully saturated rings. The molecule has 2 atom stereocenters. The highest BCUT2D eigenvalue weighted by molar-refractivity contribution is 7.91. The van der Waals surface area contributed by atoms with Crippen molar-refractivity contribution in [3.8, 4) is 0 Å². The Labute approximate surface area is 111 Å². The van der Waals surface area contributed by atoms with Gasteiger partial charge in [-0.15, -0.1) is 0 Å². The summed E-state index contributed by atoms with van der Waals surface area (Å²) < 4.78 is 23.3. The summed E-state index contributed by atoms with van der Waals surface area (Å²) in [4.78, 5) is 2.36. The third-order valence-electron chi connectivity index (χ3n) is 4.42. The predicted molar refractivity (Wildman–Crippen MR) is 74.5 cm³/mol. The first-order valence-corrected chi connectivity index (χ1v) is 9.04. The van der Waals surface area contributed by atoms with E-state index in [0.717, 1.165) is 38.8 Å². The summed E-state index contributed by atoms with van der Waals surface area (Å²) >= 11 is 0. The van der Waals surface area contributed by atoms with Gasteiger partial charge >= 0.3 is 0 Å². The molecule has 2 rings (SSSR count). The molecule has 2 aliphatic rings. The summed E-state index contributed by atoms with van der Waals surface area (Å²) in [5.41, 5.74) is 0. The first-order chi connectivity index (χ1) is 8.45. The lowest BCUT2D eigenvalue weighted by molar-refractivity contribution is 0.213. The zero-order valence-corrected chi connectivity index (χ0v) is 12.4. The van der Waals surface area contributed by atoms with Crippen LogP contribution >= 0.6 is 0 Å². The Kier molecular flexibility index (Phi) is 4.67. The first kappa shape index (κ1) is 14.3. The summed E-state index contributed by atoms with van der Waals surface area (Å²) in [7, 11) is -0.693. The minimum absolute atomic E-state index is 0.116. The summed E-state index contributed by atoms with van der Waals surface area (Å²) in [6, 6.07) is 0.997. The number of piperidine rings is 1. The van der Waals surface area contributed by atoms with Crippen LogP contribution in [0.15, 0.2) is 0 Å². The largest absolute Gasteiger partial charge is 0.311 e. The van der Waals surface area contributed by atoms with Gasteiger partial charge in [-0.05, 0) is 52.2 Å². The number of nitrogens with one attached hydrogen (secondary N) is 1. The van der Waals surface area contributed by atoms with E-state index in [2.05, 4.69) is 17.3 Å². The maximum absolute atomic E-state index is 11.6. The van der Waals surface area contributed by atoms with Crippen LogP contribution < -0.4 is 5.32 Å². The summed E-state index contributed by atoms with van der Waals surface area (Å²) in [5, 5.41) is 3.57. The van der Waals surface area contributed by atoms with Gasteiger partial charge in [0.1, 0.15) is 9.84 Å². The molecular weight excluding hydrogens is 248 g/mol. The van der Waals surface area contributed by atoms with Gasteiger partial charge in [0.25, 0.3) is 0 Å². The number of sulfone groups is 1. The van der Waals surface area contributed by atoms with Crippen molar-refractivity contribution in [1.82, 2.24) is 10.2 Å². The second-order valence-electron chi connectivity index (χ2n) is 6.06. The smallest absolute Gasteiger partial charge is 0.150 e. The van der Waals surface area contributed by atoms with E-state index >= 15 is 0 Å². The van der Waals surface area contributed by atoms with Gasteiger partial charge in [0.05, 0.1) is 5.25 Å². The van der Waals surface area contributed by atoms with Crippen molar-refractivity contribution in [2.75, 3.05) is 26.4 Å². The van der Waals surface area contributed by atoms with E-state index in [-0.39, 0.29) is 5.25 Å². The van der Waals surface area contributed by atoms with Crippen LogP contribution in [0.2, 0.25) is 0 Å². The lowest BCUT2D eigenvalue weighted by Gasteiger charge is -2.35. The van der Waals surface area contributed by atoms with E-state index in [4.69, 9.17) is 0 Å². The van der Waals surface area contributed by atoms with Crippen LogP contribution in [0, 0.1) is 0 Å². The Morgan fingerprint density at radius 1 is 1.06 bits per heavy atom. The van der Waals surface area contributed by atoms with E-state index in [1.807, 2.05) is 0 Å². The molecule has 0 aromatic carbocycles. The van der Waals surface area contributed by atoms with Crippen molar-refractivity contribution in [3.05, 3.63) is 0 Å². The zero-order chi connectivity index (χ0) is 13.2. The molecule has 1 aliphatic carbocycles. The van der Waals surface area contributed by atoms with Crippen molar-refractivity contribution >= 4 is 9.84 Å². The standard InChI is InChI=1S/C13H26N2O2S/c1-15-8-6-11(7-9-15)14-12-4-3-5-13(10-12)18(2,16)17/h11-14H,3-10H2,1-2H3. The average molecular weight is 274 g/mol. The lowest BCUT2D eigenvalue weighted by Crippen LogP contribution is -2.47. The fourth-order valence-electron chi connectivity index (χ4n) is 3.19. The molecule has 1 saturated heterocycles. The van der Waals surface area contributed by atoms with Gasteiger partial charge in [-0.3, -0.25) is 0 Å². The number of likely N-dealkylation sites (tertiary alicyclic amines) is 1. The normalized spacial score (nSPS) is 32.6. The highest BCUT2D eigenvalue weighted by atomic mass is 32.2. The van der Waals surface area contributed by atoms with Crippen molar-refractivity contribution in [1.29, 1.82) is 0 Å². The molecule has 1 aliphatic heterocycles. The van der Waals surface area contributed by atoms with E-state index in [0.29, 0.717) is 12.1 Å². The number of hydrogen-bond donors (Lipinski definition) is 1. The summed E-state index contributed by atoms with van der Waals surface area (Å²) in [6.45, 7) is 2.31. The number of rotatable bonds is 3. The van der Waals surface area contributed by atoms with Gasteiger partial charge < -0.3 is 10.2 Å². The third-order valence-corrected chi connectivity index (χ3v) is 6.06. The van der Waals surface area contributed by atoms with Crippen LogP contribution in [-0.4, -0.2) is 57.0 Å². The van der Waals surface area contributed by atoms with E-state index in [9.17, 15) is 8.42 Å². The molecular formula is C13H26N2O2S. The second kappa shape index (κ2) is 5.88. The molecule has 0 amide bonds. The first-order valence-electron chi connectivity index (χ1n) is 7.08. The summed E-state index contributed by atoms with van der Waals surface area (Å²) in [6.07, 6.45) is 7.61. The van der Waals surface area contributed by atoms with Crippen molar-refractivity contribution in [2.24, 2.45) is 0 Å². The highest BCUT2D eigenvalue weighted by Crippen LogP contribution is 2.25. The second-order valence-corrected chi connectivity index (χ2v) is 8.39. The Morgan fingerprint density at radius 2 is 1.72 bits per heavy atom. The van der Waals surface area contributed by atoms with Crippen LogP contribution in [0.25, 0.3) is 0 Å². The van der Waals surface area contributed by atoms with E-state index in [1.54, 1.807) is 0 Å². The predicted octanol–water partition coefficient (Wildman–Crippen LogP) is 1.03. The van der Waals surface area contributed by atoms with Gasteiger partial charge in [0, 0.05) is 18.3 Å². The maximum Gasteiger partial charge on any atom is 0.150 e. The molecule has 0 spiro atoms. The molecule has 0 bridgehead atoms. The van der Waals surface area contributed by atoms with E-state index in [1.165, 1.54) is 19.1 Å². The molecule has 0 aromatic heterocycles. The molecule has 0 aromatic rings. The van der Waals surface area contributed by atoms with Crippen molar-refractivity contribution in [3.63, 3.8) is 0 Å². The molecule has 18 heavy (non-hydrogen) atoms. The third kappa shape index (κ3) is 3.93. The fraction of sp³-hybridized carbons (Fsp3) is 1.00. The van der Waals surface area contributed by atoms with Gasteiger partial charge in [-0.25, -0.2) is 8.42 Å². The minimum atomic E-state index is -2.86. The van der Waals surface area contributed by atoms with Crippen LogP contribution in [0.1, 0.15) is 38.5 Å². The van der Waals surface area contributed by atoms with Crippen LogP contribution in [0.3, 0.4) is 0 Å². The molecule has 106 valence electrons. The fourth-order valence-corrected chi connectivity index (χ4v) is 4.37. The molecule has 1 N–H and O–H groups in total. The topological polar surface area (TPSA) is 49.4 Å². The lowest BCUT2D eigenvalue weighted by atomic mass is 9.93.